The van der Waals surface area contributed by atoms with Crippen LogP contribution in [0.4, 0.5) is 4.79 Å². The first-order valence-electron chi connectivity index (χ1n) is 8.30. The van der Waals surface area contributed by atoms with E-state index in [0.717, 1.165) is 16.6 Å². The number of aryl methyl sites for hydroxylation is 3. The SMILES string of the molecule is Cc1cc2nc3c(=O)[nH]c(=O)[nH]c3[n+](CCCCNC(=O)O)c2cc1C. The zero-order valence-electron chi connectivity index (χ0n) is 14.5. The van der Waals surface area contributed by atoms with Gasteiger partial charge in [-0.2, -0.15) is 4.98 Å². The van der Waals surface area contributed by atoms with Gasteiger partial charge in [-0.05, 0) is 49.9 Å². The zero-order valence-corrected chi connectivity index (χ0v) is 14.5. The molecule has 2 aromatic heterocycles. The molecule has 0 aliphatic carbocycles. The van der Waals surface area contributed by atoms with Crippen LogP contribution in [0, 0.1) is 13.8 Å². The number of aromatic nitrogens is 4. The first-order valence-corrected chi connectivity index (χ1v) is 8.30. The van der Waals surface area contributed by atoms with Crippen molar-refractivity contribution in [1.29, 1.82) is 0 Å². The van der Waals surface area contributed by atoms with E-state index in [2.05, 4.69) is 20.3 Å². The van der Waals surface area contributed by atoms with Gasteiger partial charge in [-0.25, -0.2) is 19.1 Å². The summed E-state index contributed by atoms with van der Waals surface area (Å²) in [6.45, 7) is 4.81. The highest BCUT2D eigenvalue weighted by Crippen LogP contribution is 2.16. The number of carbonyl (C=O) groups is 1. The molecule has 0 radical (unpaired) electrons. The van der Waals surface area contributed by atoms with Crippen molar-refractivity contribution in [2.45, 2.75) is 33.2 Å². The molecule has 0 saturated heterocycles. The van der Waals surface area contributed by atoms with Gasteiger partial charge in [0.15, 0.2) is 5.52 Å². The second-order valence-corrected chi connectivity index (χ2v) is 6.23. The minimum Gasteiger partial charge on any atom is -0.465 e. The number of nitrogens with one attached hydrogen (secondary N) is 3. The van der Waals surface area contributed by atoms with Crippen LogP contribution in [-0.4, -0.2) is 32.7 Å². The predicted molar refractivity (Wildman–Crippen MR) is 95.4 cm³/mol. The van der Waals surface area contributed by atoms with Crippen LogP contribution < -0.4 is 21.1 Å². The Hall–Kier alpha value is -3.23. The summed E-state index contributed by atoms with van der Waals surface area (Å²) in [6, 6.07) is 3.89. The fraction of sp³-hybridized carbons (Fsp3) is 0.353. The number of aromatic amines is 2. The first kappa shape index (κ1) is 17.6. The highest BCUT2D eigenvalue weighted by Gasteiger charge is 2.19. The second-order valence-electron chi connectivity index (χ2n) is 6.23. The van der Waals surface area contributed by atoms with E-state index in [1.165, 1.54) is 0 Å². The van der Waals surface area contributed by atoms with Gasteiger partial charge in [0.2, 0.25) is 5.52 Å². The molecule has 9 heteroatoms. The normalized spacial score (nSPS) is 11.2. The Bertz CT molecular complexity index is 1120. The average Bonchev–Trinajstić information content (AvgIpc) is 2.56. The van der Waals surface area contributed by atoms with Crippen LogP contribution in [0.15, 0.2) is 21.7 Å². The molecule has 0 bridgehead atoms. The molecular weight excluding hydrogens is 338 g/mol. The van der Waals surface area contributed by atoms with Gasteiger partial charge in [-0.3, -0.25) is 9.78 Å². The Morgan fingerprint density at radius 2 is 1.92 bits per heavy atom. The smallest absolute Gasteiger partial charge is 0.413 e. The van der Waals surface area contributed by atoms with Crippen molar-refractivity contribution >= 4 is 28.3 Å². The highest BCUT2D eigenvalue weighted by atomic mass is 16.4. The number of hydrogen-bond acceptors (Lipinski definition) is 4. The summed E-state index contributed by atoms with van der Waals surface area (Å²) < 4.78 is 1.86. The van der Waals surface area contributed by atoms with Gasteiger partial charge in [0.25, 0.3) is 5.56 Å². The third-order valence-corrected chi connectivity index (χ3v) is 4.37. The molecule has 3 rings (SSSR count). The maximum Gasteiger partial charge on any atom is 0.413 e. The number of nitrogens with zero attached hydrogens (tertiary/aromatic N) is 2. The zero-order chi connectivity index (χ0) is 18.8. The molecule has 0 atom stereocenters. The number of hydrogen-bond donors (Lipinski definition) is 4. The van der Waals surface area contributed by atoms with Crippen LogP contribution in [0.3, 0.4) is 0 Å². The molecule has 0 aliphatic heterocycles. The lowest BCUT2D eigenvalue weighted by Gasteiger charge is -2.09. The molecule has 26 heavy (non-hydrogen) atoms. The Morgan fingerprint density at radius 1 is 1.19 bits per heavy atom. The summed E-state index contributed by atoms with van der Waals surface area (Å²) in [6.07, 6.45) is 0.239. The third kappa shape index (κ3) is 3.41. The minimum atomic E-state index is -1.06. The van der Waals surface area contributed by atoms with Crippen LogP contribution in [0.25, 0.3) is 22.2 Å². The Labute approximate surface area is 147 Å². The van der Waals surface area contributed by atoms with Gasteiger partial charge in [0, 0.05) is 6.54 Å². The number of carboxylic acid groups (broad SMARTS) is 1. The van der Waals surface area contributed by atoms with Gasteiger partial charge >= 0.3 is 17.4 Å². The molecule has 0 saturated carbocycles. The fourth-order valence-corrected chi connectivity index (χ4v) is 2.92. The molecule has 0 aliphatic rings. The molecule has 0 spiro atoms. The summed E-state index contributed by atoms with van der Waals surface area (Å²) in [5.74, 6) is 0. The summed E-state index contributed by atoms with van der Waals surface area (Å²) in [5, 5.41) is 11.0. The van der Waals surface area contributed by atoms with E-state index in [0.29, 0.717) is 37.1 Å². The third-order valence-electron chi connectivity index (χ3n) is 4.37. The minimum absolute atomic E-state index is 0.170. The molecule has 0 unspecified atom stereocenters. The monoisotopic (exact) mass is 358 g/mol. The van der Waals surface area contributed by atoms with Crippen molar-refractivity contribution in [3.8, 4) is 0 Å². The lowest BCUT2D eigenvalue weighted by molar-refractivity contribution is -0.648. The maximum absolute atomic E-state index is 12.2. The van der Waals surface area contributed by atoms with Crippen LogP contribution in [0.5, 0.6) is 0 Å². The van der Waals surface area contributed by atoms with E-state index in [1.54, 1.807) is 0 Å². The van der Waals surface area contributed by atoms with Gasteiger partial charge in [-0.1, -0.05) is 0 Å². The van der Waals surface area contributed by atoms with E-state index < -0.39 is 17.3 Å². The number of unbranched alkanes of at least 4 members (excludes halogenated alkanes) is 1. The molecule has 1 amide bonds. The number of amides is 1. The lowest BCUT2D eigenvalue weighted by Crippen LogP contribution is -2.41. The summed E-state index contributed by atoms with van der Waals surface area (Å²) in [4.78, 5) is 43.7. The Balaban J connectivity index is 2.11. The van der Waals surface area contributed by atoms with Crippen LogP contribution in [0.1, 0.15) is 24.0 Å². The van der Waals surface area contributed by atoms with E-state index in [1.807, 2.05) is 30.5 Å². The topological polar surface area (TPSA) is 132 Å². The van der Waals surface area contributed by atoms with Crippen molar-refractivity contribution in [1.82, 2.24) is 20.3 Å². The van der Waals surface area contributed by atoms with Gasteiger partial charge in [-0.15, -0.1) is 0 Å². The molecule has 136 valence electrons. The quantitative estimate of drug-likeness (QED) is 0.303. The lowest BCUT2D eigenvalue weighted by atomic mass is 10.1. The van der Waals surface area contributed by atoms with E-state index in [4.69, 9.17) is 5.11 Å². The summed E-state index contributed by atoms with van der Waals surface area (Å²) in [7, 11) is 0. The molecule has 3 aromatic rings. The van der Waals surface area contributed by atoms with Crippen molar-refractivity contribution in [2.75, 3.05) is 6.54 Å². The summed E-state index contributed by atoms with van der Waals surface area (Å²) >= 11 is 0. The molecule has 9 nitrogen and oxygen atoms in total. The summed E-state index contributed by atoms with van der Waals surface area (Å²) in [5.41, 5.74) is 3.02. The molecule has 4 N–H and O–H groups in total. The average molecular weight is 358 g/mol. The van der Waals surface area contributed by atoms with E-state index >= 15 is 0 Å². The first-order chi connectivity index (χ1) is 12.4. The van der Waals surface area contributed by atoms with Crippen LogP contribution >= 0.6 is 0 Å². The van der Waals surface area contributed by atoms with Gasteiger partial charge in [0.1, 0.15) is 5.52 Å². The predicted octanol–water partition coefficient (Wildman–Crippen LogP) is 0.717. The van der Waals surface area contributed by atoms with Crippen LogP contribution in [-0.2, 0) is 6.54 Å². The Kier molecular flexibility index (Phi) is 4.70. The fourth-order valence-electron chi connectivity index (χ4n) is 2.92. The molecule has 0 fully saturated rings. The Morgan fingerprint density at radius 3 is 2.65 bits per heavy atom. The van der Waals surface area contributed by atoms with Crippen molar-refractivity contribution in [3.05, 3.63) is 44.1 Å². The van der Waals surface area contributed by atoms with Gasteiger partial charge < -0.3 is 10.4 Å². The van der Waals surface area contributed by atoms with Crippen LogP contribution in [0.2, 0.25) is 0 Å². The maximum atomic E-state index is 12.2. The van der Waals surface area contributed by atoms with E-state index in [9.17, 15) is 14.4 Å². The highest BCUT2D eigenvalue weighted by molar-refractivity contribution is 5.80. The standard InChI is InChI=1S/C17H19N5O4/c1-9-7-11-12(8-10(9)2)22(6-4-3-5-18-17(25)26)14-13(19-11)15(23)21-16(24)20-14/h7-8,18H,3-6H2,1-2H3,(H2,21,23,24,25,26)/p+1. The van der Waals surface area contributed by atoms with Crippen molar-refractivity contribution < 1.29 is 14.5 Å². The number of H-pyrrole nitrogens is 2. The molecular formula is C17H20N5O4+. The number of fused-ring (bicyclic) bond motifs is 2. The van der Waals surface area contributed by atoms with E-state index in [-0.39, 0.29) is 5.52 Å². The second kappa shape index (κ2) is 6.95. The largest absolute Gasteiger partial charge is 0.465 e. The van der Waals surface area contributed by atoms with Crippen molar-refractivity contribution in [3.63, 3.8) is 0 Å². The van der Waals surface area contributed by atoms with Crippen molar-refractivity contribution in [2.24, 2.45) is 0 Å². The number of rotatable bonds is 5. The molecule has 2 heterocycles. The number of benzene rings is 1. The van der Waals surface area contributed by atoms with Gasteiger partial charge in [0.05, 0.1) is 6.54 Å². The molecule has 1 aromatic carbocycles.